The molecular formula is C13H18INO3. The topological polar surface area (TPSA) is 47.6 Å². The third-order valence-corrected chi connectivity index (χ3v) is 3.37. The number of hydrogen-bond acceptors (Lipinski definition) is 3. The van der Waals surface area contributed by atoms with Gasteiger partial charge in [0.05, 0.1) is 17.8 Å². The van der Waals surface area contributed by atoms with Crippen molar-refractivity contribution in [3.8, 4) is 11.5 Å². The number of carbonyl (C=O) groups excluding carboxylic acids is 1. The molecule has 1 N–H and O–H groups in total. The second-order valence-electron chi connectivity index (χ2n) is 4.10. The Morgan fingerprint density at radius 1 is 1.33 bits per heavy atom. The largest absolute Gasteiger partial charge is 0.496 e. The molecule has 0 aromatic heterocycles. The van der Waals surface area contributed by atoms with Crippen LogP contribution in [0.1, 0.15) is 19.4 Å². The van der Waals surface area contributed by atoms with Crippen molar-refractivity contribution in [3.05, 3.63) is 21.3 Å². The molecule has 5 heteroatoms. The van der Waals surface area contributed by atoms with Crippen molar-refractivity contribution in [2.24, 2.45) is 0 Å². The highest BCUT2D eigenvalue weighted by Gasteiger charge is 2.13. The van der Waals surface area contributed by atoms with E-state index in [0.717, 1.165) is 20.6 Å². The first-order valence-electron chi connectivity index (χ1n) is 5.65. The van der Waals surface area contributed by atoms with Crippen LogP contribution in [0.5, 0.6) is 11.5 Å². The van der Waals surface area contributed by atoms with Gasteiger partial charge in [0, 0.05) is 13.0 Å². The highest BCUT2D eigenvalue weighted by atomic mass is 127. The Bertz CT molecular complexity index is 434. The smallest absolute Gasteiger partial charge is 0.217 e. The minimum absolute atomic E-state index is 0.0288. The minimum Gasteiger partial charge on any atom is -0.496 e. The van der Waals surface area contributed by atoms with Gasteiger partial charge in [0.1, 0.15) is 11.5 Å². The summed E-state index contributed by atoms with van der Waals surface area (Å²) in [5.74, 6) is 1.61. The second kappa shape index (κ2) is 6.82. The summed E-state index contributed by atoms with van der Waals surface area (Å²) in [6, 6.07) is 3.95. The van der Waals surface area contributed by atoms with Crippen LogP contribution < -0.4 is 14.8 Å². The van der Waals surface area contributed by atoms with Gasteiger partial charge in [0.15, 0.2) is 0 Å². The molecule has 0 saturated heterocycles. The van der Waals surface area contributed by atoms with E-state index in [9.17, 15) is 4.79 Å². The molecule has 0 radical (unpaired) electrons. The quantitative estimate of drug-likeness (QED) is 0.818. The second-order valence-corrected chi connectivity index (χ2v) is 5.27. The standard InChI is InChI=1S/C13H18INO3/c1-8(15-9(2)16)5-10-6-13(18-4)11(14)7-12(10)17-3/h6-8H,5H2,1-4H3,(H,15,16). The SMILES string of the molecule is COc1cc(CC(C)NC(C)=O)c(OC)cc1I. The van der Waals surface area contributed by atoms with Gasteiger partial charge in [-0.15, -0.1) is 0 Å². The van der Waals surface area contributed by atoms with E-state index in [-0.39, 0.29) is 11.9 Å². The van der Waals surface area contributed by atoms with E-state index in [4.69, 9.17) is 9.47 Å². The Morgan fingerprint density at radius 2 is 1.94 bits per heavy atom. The average molecular weight is 363 g/mol. The maximum atomic E-state index is 11.0. The number of benzene rings is 1. The van der Waals surface area contributed by atoms with Crippen molar-refractivity contribution < 1.29 is 14.3 Å². The summed E-state index contributed by atoms with van der Waals surface area (Å²) in [5.41, 5.74) is 1.02. The lowest BCUT2D eigenvalue weighted by atomic mass is 10.1. The third kappa shape index (κ3) is 4.04. The Hall–Kier alpha value is -0.980. The van der Waals surface area contributed by atoms with Crippen LogP contribution in [0.3, 0.4) is 0 Å². The van der Waals surface area contributed by atoms with Crippen LogP contribution >= 0.6 is 22.6 Å². The van der Waals surface area contributed by atoms with Gasteiger partial charge in [0.25, 0.3) is 0 Å². The summed E-state index contributed by atoms with van der Waals surface area (Å²) in [6.07, 6.45) is 0.704. The summed E-state index contributed by atoms with van der Waals surface area (Å²) in [7, 11) is 3.29. The Kier molecular flexibility index (Phi) is 5.71. The number of nitrogens with one attached hydrogen (secondary N) is 1. The molecule has 0 aliphatic rings. The van der Waals surface area contributed by atoms with Crippen molar-refractivity contribution in [2.45, 2.75) is 26.3 Å². The van der Waals surface area contributed by atoms with Gasteiger partial charge in [0.2, 0.25) is 5.91 Å². The molecule has 4 nitrogen and oxygen atoms in total. The maximum absolute atomic E-state index is 11.0. The molecule has 1 aromatic rings. The van der Waals surface area contributed by atoms with E-state index in [0.29, 0.717) is 6.42 Å². The van der Waals surface area contributed by atoms with Crippen molar-refractivity contribution in [3.63, 3.8) is 0 Å². The molecule has 18 heavy (non-hydrogen) atoms. The molecule has 1 aromatic carbocycles. The average Bonchev–Trinajstić information content (AvgIpc) is 2.29. The maximum Gasteiger partial charge on any atom is 0.217 e. The van der Waals surface area contributed by atoms with E-state index in [1.807, 2.05) is 19.1 Å². The molecule has 0 fully saturated rings. The van der Waals surface area contributed by atoms with Crippen LogP contribution in [-0.2, 0) is 11.2 Å². The van der Waals surface area contributed by atoms with E-state index < -0.39 is 0 Å². The van der Waals surface area contributed by atoms with Crippen molar-refractivity contribution in [1.82, 2.24) is 5.32 Å². The van der Waals surface area contributed by atoms with E-state index in [2.05, 4.69) is 27.9 Å². The lowest BCUT2D eigenvalue weighted by Gasteiger charge is -2.16. The van der Waals surface area contributed by atoms with Crippen LogP contribution in [0.25, 0.3) is 0 Å². The molecule has 0 spiro atoms. The number of hydrogen-bond donors (Lipinski definition) is 1. The van der Waals surface area contributed by atoms with E-state index in [1.54, 1.807) is 14.2 Å². The normalized spacial score (nSPS) is 11.8. The molecule has 100 valence electrons. The van der Waals surface area contributed by atoms with E-state index in [1.165, 1.54) is 6.92 Å². The Labute approximate surface area is 121 Å². The molecule has 0 aliphatic heterocycles. The molecular weight excluding hydrogens is 345 g/mol. The molecule has 0 saturated carbocycles. The first kappa shape index (κ1) is 15.1. The Balaban J connectivity index is 2.95. The van der Waals surface area contributed by atoms with Crippen LogP contribution in [-0.4, -0.2) is 26.2 Å². The van der Waals surface area contributed by atoms with Crippen LogP contribution in [0.4, 0.5) is 0 Å². The zero-order valence-electron chi connectivity index (χ0n) is 11.0. The Morgan fingerprint density at radius 3 is 2.44 bits per heavy atom. The lowest BCUT2D eigenvalue weighted by molar-refractivity contribution is -0.119. The summed E-state index contributed by atoms with van der Waals surface area (Å²) in [4.78, 5) is 11.0. The fourth-order valence-electron chi connectivity index (χ4n) is 1.81. The van der Waals surface area contributed by atoms with Gasteiger partial charge in [-0.05, 0) is 53.6 Å². The van der Waals surface area contributed by atoms with E-state index >= 15 is 0 Å². The van der Waals surface area contributed by atoms with Crippen molar-refractivity contribution in [2.75, 3.05) is 14.2 Å². The van der Waals surface area contributed by atoms with Gasteiger partial charge in [-0.2, -0.15) is 0 Å². The highest BCUT2D eigenvalue weighted by molar-refractivity contribution is 14.1. The monoisotopic (exact) mass is 363 g/mol. The molecule has 0 aliphatic carbocycles. The lowest BCUT2D eigenvalue weighted by Crippen LogP contribution is -2.32. The van der Waals surface area contributed by atoms with Crippen molar-refractivity contribution in [1.29, 1.82) is 0 Å². The molecule has 1 amide bonds. The summed E-state index contributed by atoms with van der Waals surface area (Å²) >= 11 is 2.20. The minimum atomic E-state index is -0.0288. The first-order valence-corrected chi connectivity index (χ1v) is 6.73. The fourth-order valence-corrected chi connectivity index (χ4v) is 2.47. The molecule has 0 bridgehead atoms. The molecule has 1 rings (SSSR count). The molecule has 0 heterocycles. The number of ether oxygens (including phenoxy) is 2. The van der Waals surface area contributed by atoms with Crippen LogP contribution in [0.15, 0.2) is 12.1 Å². The predicted octanol–water partition coefficient (Wildman–Crippen LogP) is 2.38. The number of carbonyl (C=O) groups is 1. The molecule has 1 atom stereocenters. The number of rotatable bonds is 5. The predicted molar refractivity (Wildman–Crippen MR) is 79.2 cm³/mol. The number of methoxy groups -OCH3 is 2. The fraction of sp³-hybridized carbons (Fsp3) is 0.462. The van der Waals surface area contributed by atoms with Crippen molar-refractivity contribution >= 4 is 28.5 Å². The summed E-state index contributed by atoms with van der Waals surface area (Å²) in [6.45, 7) is 3.48. The van der Waals surface area contributed by atoms with Crippen LogP contribution in [0.2, 0.25) is 0 Å². The van der Waals surface area contributed by atoms with Gasteiger partial charge in [-0.3, -0.25) is 4.79 Å². The zero-order valence-corrected chi connectivity index (χ0v) is 13.2. The first-order chi connectivity index (χ1) is 8.47. The summed E-state index contributed by atoms with van der Waals surface area (Å²) < 4.78 is 11.7. The zero-order chi connectivity index (χ0) is 13.7. The van der Waals surface area contributed by atoms with Gasteiger partial charge in [-0.25, -0.2) is 0 Å². The van der Waals surface area contributed by atoms with Gasteiger partial charge >= 0.3 is 0 Å². The van der Waals surface area contributed by atoms with Crippen LogP contribution in [0, 0.1) is 3.57 Å². The highest BCUT2D eigenvalue weighted by Crippen LogP contribution is 2.30. The van der Waals surface area contributed by atoms with Gasteiger partial charge in [-0.1, -0.05) is 0 Å². The third-order valence-electron chi connectivity index (χ3n) is 2.53. The molecule has 1 unspecified atom stereocenters. The number of halogens is 1. The summed E-state index contributed by atoms with van der Waals surface area (Å²) in [5, 5.41) is 2.86. The number of amides is 1. The van der Waals surface area contributed by atoms with Gasteiger partial charge < -0.3 is 14.8 Å².